The molecule has 1 aromatic heterocycles. The van der Waals surface area contributed by atoms with Crippen LogP contribution in [0.4, 0.5) is 0 Å². The van der Waals surface area contributed by atoms with Crippen molar-refractivity contribution in [1.29, 1.82) is 0 Å². The third-order valence-electron chi connectivity index (χ3n) is 4.16. The smallest absolute Gasteiger partial charge is 0.359 e. The molecule has 0 radical (unpaired) electrons. The first-order valence-electron chi connectivity index (χ1n) is 7.24. The lowest BCUT2D eigenvalue weighted by Crippen LogP contribution is -2.36. The first kappa shape index (κ1) is 13.6. The number of fused-ring (bicyclic) bond motifs is 1. The number of carbonyl (C=O) groups excluding carboxylic acids is 1. The molecule has 0 N–H and O–H groups in total. The number of hydrogen-bond donors (Lipinski definition) is 0. The van der Waals surface area contributed by atoms with E-state index in [9.17, 15) is 4.79 Å². The van der Waals surface area contributed by atoms with Crippen LogP contribution in [0.15, 0.2) is 0 Å². The van der Waals surface area contributed by atoms with Crippen molar-refractivity contribution < 1.29 is 14.3 Å². The van der Waals surface area contributed by atoms with Crippen molar-refractivity contribution >= 4 is 5.97 Å². The highest BCUT2D eigenvalue weighted by Crippen LogP contribution is 2.30. The van der Waals surface area contributed by atoms with E-state index < -0.39 is 0 Å². The molecule has 6 heteroatoms. The van der Waals surface area contributed by atoms with E-state index in [0.29, 0.717) is 18.3 Å². The maximum Gasteiger partial charge on any atom is 0.359 e. The molecule has 3 heterocycles. The standard InChI is InChI=1S/C14H21N3O3/c1-3-20-14(18)13-11-8-17(9-12(11)16(2)15-13)10-4-6-19-7-5-10/h10H,3-9H2,1-2H3. The van der Waals surface area contributed by atoms with Gasteiger partial charge >= 0.3 is 5.97 Å². The van der Waals surface area contributed by atoms with Gasteiger partial charge in [-0.2, -0.15) is 5.10 Å². The van der Waals surface area contributed by atoms with Gasteiger partial charge in [0, 0.05) is 45.0 Å². The first-order chi connectivity index (χ1) is 9.70. The molecule has 0 amide bonds. The Balaban J connectivity index is 1.78. The first-order valence-corrected chi connectivity index (χ1v) is 7.24. The topological polar surface area (TPSA) is 56.6 Å². The van der Waals surface area contributed by atoms with Crippen molar-refractivity contribution in [2.75, 3.05) is 19.8 Å². The number of hydrogen-bond acceptors (Lipinski definition) is 5. The number of nitrogens with zero attached hydrogens (tertiary/aromatic N) is 3. The zero-order valence-electron chi connectivity index (χ0n) is 12.1. The molecule has 2 aliphatic heterocycles. The number of esters is 1. The summed E-state index contributed by atoms with van der Waals surface area (Å²) in [6, 6.07) is 0.547. The van der Waals surface area contributed by atoms with Gasteiger partial charge in [-0.05, 0) is 19.8 Å². The van der Waals surface area contributed by atoms with Gasteiger partial charge in [-0.3, -0.25) is 9.58 Å². The van der Waals surface area contributed by atoms with Gasteiger partial charge in [0.1, 0.15) is 0 Å². The van der Waals surface area contributed by atoms with Crippen molar-refractivity contribution in [3.05, 3.63) is 17.0 Å². The summed E-state index contributed by atoms with van der Waals surface area (Å²) in [4.78, 5) is 14.4. The minimum absolute atomic E-state index is 0.307. The average molecular weight is 279 g/mol. The molecule has 1 aromatic rings. The van der Waals surface area contributed by atoms with E-state index in [4.69, 9.17) is 9.47 Å². The summed E-state index contributed by atoms with van der Waals surface area (Å²) in [6.07, 6.45) is 2.13. The Morgan fingerprint density at radius 3 is 2.85 bits per heavy atom. The van der Waals surface area contributed by atoms with Gasteiger partial charge in [-0.15, -0.1) is 0 Å². The molecule has 6 nitrogen and oxygen atoms in total. The quantitative estimate of drug-likeness (QED) is 0.775. The summed E-state index contributed by atoms with van der Waals surface area (Å²) in [6.45, 7) is 5.52. The van der Waals surface area contributed by atoms with Crippen LogP contribution in [0.1, 0.15) is 41.5 Å². The van der Waals surface area contributed by atoms with Gasteiger partial charge in [0.2, 0.25) is 0 Å². The Bertz CT molecular complexity index is 506. The predicted molar refractivity (Wildman–Crippen MR) is 72.3 cm³/mol. The van der Waals surface area contributed by atoms with Crippen molar-refractivity contribution in [3.8, 4) is 0 Å². The van der Waals surface area contributed by atoms with Crippen molar-refractivity contribution in [2.45, 2.75) is 38.9 Å². The molecule has 0 atom stereocenters. The summed E-state index contributed by atoms with van der Waals surface area (Å²) in [5, 5.41) is 4.32. The highest BCUT2D eigenvalue weighted by atomic mass is 16.5. The Kier molecular flexibility index (Phi) is 3.76. The van der Waals surface area contributed by atoms with Crippen LogP contribution in [0.3, 0.4) is 0 Å². The molecule has 20 heavy (non-hydrogen) atoms. The van der Waals surface area contributed by atoms with Crippen molar-refractivity contribution in [2.24, 2.45) is 7.05 Å². The van der Waals surface area contributed by atoms with Gasteiger partial charge < -0.3 is 9.47 Å². The SMILES string of the molecule is CCOC(=O)c1nn(C)c2c1CN(C1CCOCC1)C2. The Labute approximate surface area is 118 Å². The molecule has 0 unspecified atom stereocenters. The van der Waals surface area contributed by atoms with E-state index in [0.717, 1.165) is 50.4 Å². The highest BCUT2D eigenvalue weighted by molar-refractivity contribution is 5.89. The van der Waals surface area contributed by atoms with Crippen LogP contribution >= 0.6 is 0 Å². The van der Waals surface area contributed by atoms with Gasteiger partial charge in [0.25, 0.3) is 0 Å². The molecule has 110 valence electrons. The van der Waals surface area contributed by atoms with E-state index in [1.165, 1.54) is 0 Å². The summed E-state index contributed by atoms with van der Waals surface area (Å²) in [5.41, 5.74) is 2.66. The summed E-state index contributed by atoms with van der Waals surface area (Å²) < 4.78 is 12.3. The number of ether oxygens (including phenoxy) is 2. The fourth-order valence-corrected chi connectivity index (χ4v) is 3.09. The van der Waals surface area contributed by atoms with Crippen LogP contribution in [0.25, 0.3) is 0 Å². The zero-order chi connectivity index (χ0) is 14.1. The molecule has 0 saturated carbocycles. The minimum atomic E-state index is -0.307. The fraction of sp³-hybridized carbons (Fsp3) is 0.714. The summed E-state index contributed by atoms with van der Waals surface area (Å²) in [7, 11) is 1.90. The highest BCUT2D eigenvalue weighted by Gasteiger charge is 2.34. The molecular weight excluding hydrogens is 258 g/mol. The van der Waals surface area contributed by atoms with Crippen LogP contribution in [-0.4, -0.2) is 46.5 Å². The van der Waals surface area contributed by atoms with E-state index in [-0.39, 0.29) is 5.97 Å². The monoisotopic (exact) mass is 279 g/mol. The largest absolute Gasteiger partial charge is 0.461 e. The Hall–Kier alpha value is -1.40. The number of aromatic nitrogens is 2. The van der Waals surface area contributed by atoms with Gasteiger partial charge in [0.15, 0.2) is 5.69 Å². The van der Waals surface area contributed by atoms with Gasteiger partial charge in [0.05, 0.1) is 12.3 Å². The third kappa shape index (κ3) is 2.33. The van der Waals surface area contributed by atoms with Crippen LogP contribution in [0.2, 0.25) is 0 Å². The summed E-state index contributed by atoms with van der Waals surface area (Å²) in [5.74, 6) is -0.307. The van der Waals surface area contributed by atoms with Crippen LogP contribution < -0.4 is 0 Å². The van der Waals surface area contributed by atoms with Crippen LogP contribution in [-0.2, 0) is 29.6 Å². The molecular formula is C14H21N3O3. The molecule has 0 aliphatic carbocycles. The number of carbonyl (C=O) groups is 1. The van der Waals surface area contributed by atoms with Crippen molar-refractivity contribution in [3.63, 3.8) is 0 Å². The molecule has 1 fully saturated rings. The van der Waals surface area contributed by atoms with E-state index >= 15 is 0 Å². The van der Waals surface area contributed by atoms with Gasteiger partial charge in [-0.25, -0.2) is 4.79 Å². The third-order valence-corrected chi connectivity index (χ3v) is 4.16. The number of aryl methyl sites for hydroxylation is 1. The second kappa shape index (κ2) is 5.54. The second-order valence-corrected chi connectivity index (χ2v) is 5.37. The number of rotatable bonds is 3. The van der Waals surface area contributed by atoms with Crippen LogP contribution in [0.5, 0.6) is 0 Å². The van der Waals surface area contributed by atoms with Crippen LogP contribution in [0, 0.1) is 0 Å². The van der Waals surface area contributed by atoms with Gasteiger partial charge in [-0.1, -0.05) is 0 Å². The molecule has 2 aliphatic rings. The average Bonchev–Trinajstić information content (AvgIpc) is 3.01. The van der Waals surface area contributed by atoms with E-state index in [1.807, 2.05) is 18.7 Å². The molecule has 0 bridgehead atoms. The van der Waals surface area contributed by atoms with Crippen molar-refractivity contribution in [1.82, 2.24) is 14.7 Å². The molecule has 1 saturated heterocycles. The molecule has 3 rings (SSSR count). The Morgan fingerprint density at radius 1 is 1.40 bits per heavy atom. The lowest BCUT2D eigenvalue weighted by Gasteiger charge is -2.30. The lowest BCUT2D eigenvalue weighted by atomic mass is 10.1. The normalized spacial score (nSPS) is 20.1. The maximum atomic E-state index is 12.0. The van der Waals surface area contributed by atoms with E-state index in [2.05, 4.69) is 10.00 Å². The van der Waals surface area contributed by atoms with E-state index in [1.54, 1.807) is 0 Å². The second-order valence-electron chi connectivity index (χ2n) is 5.37. The lowest BCUT2D eigenvalue weighted by molar-refractivity contribution is 0.0315. The zero-order valence-corrected chi connectivity index (χ0v) is 12.1. The Morgan fingerprint density at radius 2 is 2.15 bits per heavy atom. The minimum Gasteiger partial charge on any atom is -0.461 e. The summed E-state index contributed by atoms with van der Waals surface area (Å²) >= 11 is 0. The fourth-order valence-electron chi connectivity index (χ4n) is 3.09. The predicted octanol–water partition coefficient (Wildman–Crippen LogP) is 1.09. The molecule has 0 aromatic carbocycles. The maximum absolute atomic E-state index is 12.0. The molecule has 0 spiro atoms.